The Balaban J connectivity index is 1.83. The summed E-state index contributed by atoms with van der Waals surface area (Å²) in [6.07, 6.45) is 0. The monoisotopic (exact) mass is 414 g/mol. The molecule has 0 saturated heterocycles. The van der Waals surface area contributed by atoms with Gasteiger partial charge in [0.15, 0.2) is 5.82 Å². The van der Waals surface area contributed by atoms with Gasteiger partial charge in [-0.05, 0) is 19.9 Å². The summed E-state index contributed by atoms with van der Waals surface area (Å²) < 4.78 is 49.4. The zero-order valence-electron chi connectivity index (χ0n) is 16.2. The maximum atomic E-state index is 14.5. The van der Waals surface area contributed by atoms with Crippen LogP contribution in [0.1, 0.15) is 18.2 Å². The number of hydrogen-bond donors (Lipinski definition) is 1. The van der Waals surface area contributed by atoms with Crippen LogP contribution in [0.2, 0.25) is 0 Å². The summed E-state index contributed by atoms with van der Waals surface area (Å²) >= 11 is 0. The number of aryl methyl sites for hydroxylation is 1. The molecule has 0 aliphatic carbocycles. The fourth-order valence-corrected chi connectivity index (χ4v) is 3.19. The summed E-state index contributed by atoms with van der Waals surface area (Å²) in [7, 11) is 0. The Kier molecular flexibility index (Phi) is 5.03. The first-order valence-corrected chi connectivity index (χ1v) is 9.18. The van der Waals surface area contributed by atoms with Crippen LogP contribution in [-0.2, 0) is 6.54 Å². The minimum Gasteiger partial charge on any atom is -0.494 e. The molecule has 4 rings (SSSR count). The molecule has 0 aliphatic heterocycles. The van der Waals surface area contributed by atoms with Gasteiger partial charge in [-0.3, -0.25) is 4.68 Å². The van der Waals surface area contributed by atoms with Crippen LogP contribution < -0.4 is 4.74 Å². The summed E-state index contributed by atoms with van der Waals surface area (Å²) in [5, 5.41) is 14.7. The number of benzene rings is 2. The minimum absolute atomic E-state index is 0.00832. The van der Waals surface area contributed by atoms with Gasteiger partial charge in [0, 0.05) is 23.1 Å². The standard InChI is InChI=1S/C21H17F3N4O2/c1-3-30-12-8-15(22)14(16(23)9-12)10-28-17-7-5-4-6-13(17)19(27-28)20-25-11(2)18(24)21(29)26-20/h4-9H,3,10H2,1-2H3,(H,25,26,29). The van der Waals surface area contributed by atoms with Crippen molar-refractivity contribution in [1.29, 1.82) is 0 Å². The van der Waals surface area contributed by atoms with Gasteiger partial charge in [-0.15, -0.1) is 0 Å². The fraction of sp³-hybridized carbons (Fsp3) is 0.190. The van der Waals surface area contributed by atoms with E-state index in [4.69, 9.17) is 4.74 Å². The van der Waals surface area contributed by atoms with Gasteiger partial charge in [-0.1, -0.05) is 18.2 Å². The van der Waals surface area contributed by atoms with Crippen LogP contribution in [0.15, 0.2) is 36.4 Å². The van der Waals surface area contributed by atoms with Gasteiger partial charge in [0.05, 0.1) is 24.4 Å². The van der Waals surface area contributed by atoms with E-state index in [2.05, 4.69) is 15.1 Å². The molecule has 0 amide bonds. The lowest BCUT2D eigenvalue weighted by atomic mass is 10.1. The molecular weight excluding hydrogens is 397 g/mol. The second-order valence-corrected chi connectivity index (χ2v) is 6.59. The summed E-state index contributed by atoms with van der Waals surface area (Å²) in [4.78, 5) is 7.83. The van der Waals surface area contributed by atoms with Gasteiger partial charge in [0.2, 0.25) is 5.82 Å². The van der Waals surface area contributed by atoms with E-state index in [0.717, 1.165) is 12.1 Å². The number of para-hydroxylation sites is 1. The van der Waals surface area contributed by atoms with Gasteiger partial charge < -0.3 is 9.84 Å². The summed E-state index contributed by atoms with van der Waals surface area (Å²) in [5.41, 5.74) is 0.609. The third-order valence-electron chi connectivity index (χ3n) is 4.60. The first kappa shape index (κ1) is 19.7. The summed E-state index contributed by atoms with van der Waals surface area (Å²) in [5.74, 6) is -3.11. The fourth-order valence-electron chi connectivity index (χ4n) is 3.19. The Bertz CT molecular complexity index is 1210. The molecular formula is C21H17F3N4O2. The summed E-state index contributed by atoms with van der Waals surface area (Å²) in [6.45, 7) is 3.20. The van der Waals surface area contributed by atoms with Crippen molar-refractivity contribution in [2.24, 2.45) is 0 Å². The molecule has 0 saturated carbocycles. The Morgan fingerprint density at radius 2 is 1.77 bits per heavy atom. The average Bonchev–Trinajstić information content (AvgIpc) is 3.07. The highest BCUT2D eigenvalue weighted by Gasteiger charge is 2.20. The molecule has 0 unspecified atom stereocenters. The molecule has 154 valence electrons. The molecule has 9 heteroatoms. The molecule has 1 N–H and O–H groups in total. The lowest BCUT2D eigenvalue weighted by Crippen LogP contribution is -2.07. The first-order valence-electron chi connectivity index (χ1n) is 9.18. The molecule has 0 aliphatic rings. The van der Waals surface area contributed by atoms with Crippen LogP contribution in [0.3, 0.4) is 0 Å². The van der Waals surface area contributed by atoms with Gasteiger partial charge in [0.25, 0.3) is 5.88 Å². The number of hydrogen-bond acceptors (Lipinski definition) is 5. The van der Waals surface area contributed by atoms with Crippen molar-refractivity contribution >= 4 is 10.9 Å². The van der Waals surface area contributed by atoms with Crippen molar-refractivity contribution in [3.63, 3.8) is 0 Å². The normalized spacial score (nSPS) is 11.2. The quantitative estimate of drug-likeness (QED) is 0.525. The molecule has 2 heterocycles. The third kappa shape index (κ3) is 3.42. The van der Waals surface area contributed by atoms with Crippen molar-refractivity contribution in [3.8, 4) is 23.1 Å². The van der Waals surface area contributed by atoms with E-state index in [9.17, 15) is 18.3 Å². The van der Waals surface area contributed by atoms with E-state index < -0.39 is 23.3 Å². The average molecular weight is 414 g/mol. The van der Waals surface area contributed by atoms with E-state index in [0.29, 0.717) is 10.9 Å². The maximum Gasteiger partial charge on any atom is 0.251 e. The second kappa shape index (κ2) is 7.66. The van der Waals surface area contributed by atoms with Gasteiger partial charge >= 0.3 is 0 Å². The molecule has 30 heavy (non-hydrogen) atoms. The van der Waals surface area contributed by atoms with Crippen LogP contribution in [0, 0.1) is 24.4 Å². The first-order chi connectivity index (χ1) is 14.4. The topological polar surface area (TPSA) is 73.1 Å². The van der Waals surface area contributed by atoms with Crippen LogP contribution in [-0.4, -0.2) is 31.5 Å². The molecule has 0 fully saturated rings. The van der Waals surface area contributed by atoms with Gasteiger partial charge in [-0.2, -0.15) is 14.5 Å². The molecule has 0 bridgehead atoms. The van der Waals surface area contributed by atoms with Gasteiger partial charge in [0.1, 0.15) is 23.1 Å². The van der Waals surface area contributed by atoms with Crippen molar-refractivity contribution < 1.29 is 23.0 Å². The Morgan fingerprint density at radius 1 is 1.07 bits per heavy atom. The predicted octanol–water partition coefficient (Wildman–Crippen LogP) is 4.37. The predicted molar refractivity (Wildman–Crippen MR) is 104 cm³/mol. The lowest BCUT2D eigenvalue weighted by Gasteiger charge is -2.09. The molecule has 0 atom stereocenters. The van der Waals surface area contributed by atoms with E-state index in [1.165, 1.54) is 11.6 Å². The number of fused-ring (bicyclic) bond motifs is 1. The molecule has 4 aromatic rings. The van der Waals surface area contributed by atoms with E-state index in [1.807, 2.05) is 0 Å². The number of aromatic hydroxyl groups is 1. The largest absolute Gasteiger partial charge is 0.494 e. The van der Waals surface area contributed by atoms with Crippen molar-refractivity contribution in [2.75, 3.05) is 6.61 Å². The highest BCUT2D eigenvalue weighted by atomic mass is 19.1. The molecule has 2 aromatic carbocycles. The maximum absolute atomic E-state index is 14.5. The number of halogens is 3. The second-order valence-electron chi connectivity index (χ2n) is 6.59. The molecule has 0 radical (unpaired) electrons. The van der Waals surface area contributed by atoms with Gasteiger partial charge in [-0.25, -0.2) is 13.8 Å². The van der Waals surface area contributed by atoms with Crippen LogP contribution >= 0.6 is 0 Å². The number of aromatic nitrogens is 4. The lowest BCUT2D eigenvalue weighted by molar-refractivity contribution is 0.335. The number of ether oxygens (including phenoxy) is 1. The van der Waals surface area contributed by atoms with Crippen molar-refractivity contribution in [2.45, 2.75) is 20.4 Å². The molecule has 2 aromatic heterocycles. The van der Waals surface area contributed by atoms with Crippen LogP contribution in [0.5, 0.6) is 11.6 Å². The van der Waals surface area contributed by atoms with Crippen molar-refractivity contribution in [1.82, 2.24) is 19.7 Å². The summed E-state index contributed by atoms with van der Waals surface area (Å²) in [6, 6.07) is 9.22. The van der Waals surface area contributed by atoms with Crippen LogP contribution in [0.4, 0.5) is 13.2 Å². The third-order valence-corrected chi connectivity index (χ3v) is 4.60. The Morgan fingerprint density at radius 3 is 2.43 bits per heavy atom. The molecule has 6 nitrogen and oxygen atoms in total. The Labute approximate surface area is 169 Å². The smallest absolute Gasteiger partial charge is 0.251 e. The zero-order chi connectivity index (χ0) is 21.4. The zero-order valence-corrected chi connectivity index (χ0v) is 16.2. The molecule has 0 spiro atoms. The highest BCUT2D eigenvalue weighted by molar-refractivity contribution is 5.91. The minimum atomic E-state index is -0.916. The number of nitrogens with zero attached hydrogens (tertiary/aromatic N) is 4. The highest BCUT2D eigenvalue weighted by Crippen LogP contribution is 2.29. The number of rotatable bonds is 5. The van der Waals surface area contributed by atoms with Crippen LogP contribution in [0.25, 0.3) is 22.4 Å². The Hall–Kier alpha value is -3.62. The SMILES string of the molecule is CCOc1cc(F)c(Cn2nc(-c3nc(C)c(F)c(O)n3)c3ccccc32)c(F)c1. The van der Waals surface area contributed by atoms with Crippen molar-refractivity contribution in [3.05, 3.63) is 65.1 Å². The van der Waals surface area contributed by atoms with E-state index in [-0.39, 0.29) is 41.7 Å². The van der Waals surface area contributed by atoms with E-state index >= 15 is 0 Å². The van der Waals surface area contributed by atoms with E-state index in [1.54, 1.807) is 31.2 Å².